The number of Topliss-reactive ketones (excluding diaryl/α,β-unsaturated/α-hetero) is 1. The molecule has 40 heavy (non-hydrogen) atoms. The van der Waals surface area contributed by atoms with Crippen LogP contribution >= 0.6 is 27.7 Å². The van der Waals surface area contributed by atoms with Crippen molar-refractivity contribution >= 4 is 62.7 Å². The first kappa shape index (κ1) is 28.5. The SMILES string of the molecule is O=C(Nc1cccc(SCC(=O)c2cccc([N+](=O)[O-])c2)c1)/C(=C/c1cccc(Br)c1)NC(=O)c1ccccc1. The molecule has 0 aliphatic rings. The number of nitro groups is 1. The molecule has 4 aromatic rings. The van der Waals surface area contributed by atoms with Crippen LogP contribution in [-0.2, 0) is 4.79 Å². The van der Waals surface area contributed by atoms with E-state index < -0.39 is 16.7 Å². The number of nitrogens with one attached hydrogen (secondary N) is 2. The zero-order valence-electron chi connectivity index (χ0n) is 20.9. The number of ketones is 1. The predicted octanol–water partition coefficient (Wildman–Crippen LogP) is 6.74. The second kappa shape index (κ2) is 13.5. The largest absolute Gasteiger partial charge is 0.321 e. The Bertz CT molecular complexity index is 1610. The maximum atomic E-state index is 13.3. The number of nitrogens with zero attached hydrogens (tertiary/aromatic N) is 1. The summed E-state index contributed by atoms with van der Waals surface area (Å²) in [6, 6.07) is 28.4. The van der Waals surface area contributed by atoms with E-state index in [4.69, 9.17) is 0 Å². The third kappa shape index (κ3) is 7.98. The Hall–Kier alpha value is -4.54. The molecule has 0 spiro atoms. The highest BCUT2D eigenvalue weighted by Crippen LogP contribution is 2.24. The molecule has 4 rings (SSSR count). The highest BCUT2D eigenvalue weighted by molar-refractivity contribution is 9.10. The zero-order chi connectivity index (χ0) is 28.5. The number of benzene rings is 4. The lowest BCUT2D eigenvalue weighted by molar-refractivity contribution is -0.384. The van der Waals surface area contributed by atoms with Gasteiger partial charge in [-0.1, -0.05) is 64.5 Å². The van der Waals surface area contributed by atoms with Crippen molar-refractivity contribution in [1.82, 2.24) is 5.32 Å². The minimum Gasteiger partial charge on any atom is -0.321 e. The lowest BCUT2D eigenvalue weighted by atomic mass is 10.1. The van der Waals surface area contributed by atoms with Gasteiger partial charge in [-0.15, -0.1) is 11.8 Å². The van der Waals surface area contributed by atoms with Gasteiger partial charge in [-0.05, 0) is 54.1 Å². The molecular formula is C30H22BrN3O5S. The van der Waals surface area contributed by atoms with E-state index in [0.29, 0.717) is 21.7 Å². The summed E-state index contributed by atoms with van der Waals surface area (Å²) in [6.07, 6.45) is 1.58. The van der Waals surface area contributed by atoms with Gasteiger partial charge in [0.15, 0.2) is 5.78 Å². The van der Waals surface area contributed by atoms with Crippen molar-refractivity contribution < 1.29 is 19.3 Å². The molecule has 2 amide bonds. The van der Waals surface area contributed by atoms with Gasteiger partial charge in [0.25, 0.3) is 17.5 Å². The summed E-state index contributed by atoms with van der Waals surface area (Å²) in [5.41, 5.74) is 1.73. The van der Waals surface area contributed by atoms with Gasteiger partial charge in [0.1, 0.15) is 5.70 Å². The minimum absolute atomic E-state index is 0.0471. The number of carbonyl (C=O) groups is 3. The number of hydrogen-bond donors (Lipinski definition) is 2. The molecule has 0 radical (unpaired) electrons. The van der Waals surface area contributed by atoms with Gasteiger partial charge < -0.3 is 10.6 Å². The lowest BCUT2D eigenvalue weighted by Crippen LogP contribution is -2.30. The first-order valence-electron chi connectivity index (χ1n) is 11.9. The zero-order valence-corrected chi connectivity index (χ0v) is 23.3. The van der Waals surface area contributed by atoms with Crippen LogP contribution in [0.3, 0.4) is 0 Å². The number of anilines is 1. The Kier molecular flexibility index (Phi) is 9.61. The highest BCUT2D eigenvalue weighted by atomic mass is 79.9. The Balaban J connectivity index is 1.48. The van der Waals surface area contributed by atoms with E-state index in [1.54, 1.807) is 60.7 Å². The standard InChI is InChI=1S/C30H22BrN3O5S/c31-23-11-4-7-20(15-23)16-27(33-29(36)21-8-2-1-3-9-21)30(37)32-24-12-6-14-26(18-24)40-19-28(35)22-10-5-13-25(17-22)34(38)39/h1-18H,19H2,(H,32,37)(H,33,36)/b27-16-. The molecule has 0 heterocycles. The number of carbonyl (C=O) groups excluding carboxylic acids is 3. The van der Waals surface area contributed by atoms with Crippen LogP contribution in [0.15, 0.2) is 118 Å². The van der Waals surface area contributed by atoms with E-state index in [9.17, 15) is 24.5 Å². The maximum absolute atomic E-state index is 13.3. The van der Waals surface area contributed by atoms with Gasteiger partial charge in [-0.3, -0.25) is 24.5 Å². The maximum Gasteiger partial charge on any atom is 0.272 e. The molecule has 0 aromatic heterocycles. The molecule has 8 nitrogen and oxygen atoms in total. The second-order valence-electron chi connectivity index (χ2n) is 8.43. The number of hydrogen-bond acceptors (Lipinski definition) is 6. The molecule has 0 unspecified atom stereocenters. The van der Waals surface area contributed by atoms with Crippen LogP contribution in [0.25, 0.3) is 6.08 Å². The van der Waals surface area contributed by atoms with E-state index in [0.717, 1.165) is 4.47 Å². The van der Waals surface area contributed by atoms with Crippen molar-refractivity contribution in [1.29, 1.82) is 0 Å². The number of non-ortho nitro benzene ring substituents is 1. The normalized spacial score (nSPS) is 11.0. The molecule has 0 aliphatic heterocycles. The predicted molar refractivity (Wildman–Crippen MR) is 159 cm³/mol. The van der Waals surface area contributed by atoms with Gasteiger partial charge >= 0.3 is 0 Å². The van der Waals surface area contributed by atoms with Crippen LogP contribution < -0.4 is 10.6 Å². The van der Waals surface area contributed by atoms with Gasteiger partial charge in [0, 0.05) is 38.3 Å². The van der Waals surface area contributed by atoms with E-state index >= 15 is 0 Å². The van der Waals surface area contributed by atoms with Gasteiger partial charge in [-0.25, -0.2) is 0 Å². The van der Waals surface area contributed by atoms with Crippen molar-refractivity contribution in [3.05, 3.63) is 140 Å². The van der Waals surface area contributed by atoms with Crippen LogP contribution in [-0.4, -0.2) is 28.3 Å². The van der Waals surface area contributed by atoms with Gasteiger partial charge in [-0.2, -0.15) is 0 Å². The van der Waals surface area contributed by atoms with Crippen molar-refractivity contribution in [2.24, 2.45) is 0 Å². The smallest absolute Gasteiger partial charge is 0.272 e. The summed E-state index contributed by atoms with van der Waals surface area (Å²) in [5, 5.41) is 16.5. The lowest BCUT2D eigenvalue weighted by Gasteiger charge is -2.12. The van der Waals surface area contributed by atoms with Crippen molar-refractivity contribution in [3.63, 3.8) is 0 Å². The number of halogens is 1. The average molecular weight is 616 g/mol. The third-order valence-corrected chi connectivity index (χ3v) is 7.02. The fraction of sp³-hybridized carbons (Fsp3) is 0.0333. The Morgan fingerprint density at radius 3 is 2.33 bits per heavy atom. The van der Waals surface area contributed by atoms with Crippen LogP contribution in [0.1, 0.15) is 26.3 Å². The summed E-state index contributed by atoms with van der Waals surface area (Å²) in [6.45, 7) is 0. The Morgan fingerprint density at radius 1 is 0.850 bits per heavy atom. The molecule has 0 atom stereocenters. The monoisotopic (exact) mass is 615 g/mol. The molecular weight excluding hydrogens is 594 g/mol. The first-order valence-corrected chi connectivity index (χ1v) is 13.7. The van der Waals surface area contributed by atoms with Crippen LogP contribution in [0.5, 0.6) is 0 Å². The number of thioether (sulfide) groups is 1. The van der Waals surface area contributed by atoms with Gasteiger partial charge in [0.2, 0.25) is 0 Å². The molecule has 0 bridgehead atoms. The summed E-state index contributed by atoms with van der Waals surface area (Å²) in [4.78, 5) is 49.9. The molecule has 200 valence electrons. The number of nitro benzene ring substituents is 1. The van der Waals surface area contributed by atoms with Crippen LogP contribution in [0, 0.1) is 10.1 Å². The Morgan fingerprint density at radius 2 is 1.57 bits per heavy atom. The summed E-state index contributed by atoms with van der Waals surface area (Å²) < 4.78 is 0.819. The van der Waals surface area contributed by atoms with E-state index in [2.05, 4.69) is 26.6 Å². The number of amides is 2. The second-order valence-corrected chi connectivity index (χ2v) is 10.4. The molecule has 0 saturated carbocycles. The topological polar surface area (TPSA) is 118 Å². The van der Waals surface area contributed by atoms with Crippen molar-refractivity contribution in [2.45, 2.75) is 4.90 Å². The molecule has 4 aromatic carbocycles. The molecule has 10 heteroatoms. The van der Waals surface area contributed by atoms with Crippen LogP contribution in [0.2, 0.25) is 0 Å². The number of rotatable bonds is 10. The molecule has 0 saturated heterocycles. The fourth-order valence-electron chi connectivity index (χ4n) is 3.59. The van der Waals surface area contributed by atoms with Crippen LogP contribution in [0.4, 0.5) is 11.4 Å². The van der Waals surface area contributed by atoms with E-state index in [-0.39, 0.29) is 28.5 Å². The van der Waals surface area contributed by atoms with Gasteiger partial charge in [0.05, 0.1) is 10.7 Å². The highest BCUT2D eigenvalue weighted by Gasteiger charge is 2.16. The van der Waals surface area contributed by atoms with Crippen molar-refractivity contribution in [2.75, 3.05) is 11.1 Å². The minimum atomic E-state index is -0.544. The molecule has 0 aliphatic carbocycles. The first-order chi connectivity index (χ1) is 19.3. The summed E-state index contributed by atoms with van der Waals surface area (Å²) in [7, 11) is 0. The van der Waals surface area contributed by atoms with Crippen molar-refractivity contribution in [3.8, 4) is 0 Å². The fourth-order valence-corrected chi connectivity index (χ4v) is 4.86. The van der Waals surface area contributed by atoms with E-state index in [1.165, 1.54) is 36.0 Å². The average Bonchev–Trinajstić information content (AvgIpc) is 2.96. The third-order valence-electron chi connectivity index (χ3n) is 5.53. The molecule has 0 fully saturated rings. The Labute approximate surface area is 242 Å². The quantitative estimate of drug-likeness (QED) is 0.0670. The summed E-state index contributed by atoms with van der Waals surface area (Å²) in [5.74, 6) is -1.16. The molecule has 2 N–H and O–H groups in total. The summed E-state index contributed by atoms with van der Waals surface area (Å²) >= 11 is 4.65. The van der Waals surface area contributed by atoms with E-state index in [1.807, 2.05) is 24.3 Å².